The second-order valence-electron chi connectivity index (χ2n) is 27.1. The zero-order valence-electron chi connectivity index (χ0n) is 58.8. The van der Waals surface area contributed by atoms with E-state index in [0.717, 1.165) is 120 Å². The van der Waals surface area contributed by atoms with E-state index in [4.69, 9.17) is 37.0 Å². The smallest absolute Gasteiger partial charge is 0.462 e. The largest absolute Gasteiger partial charge is 0.472 e. The van der Waals surface area contributed by atoms with E-state index in [-0.39, 0.29) is 25.7 Å². The number of aliphatic hydroxyl groups excluding tert-OH is 1. The Bertz CT molecular complexity index is 1790. The first-order valence-electron chi connectivity index (χ1n) is 36.8. The Hall–Kier alpha value is -1.94. The Kier molecular flexibility index (Phi) is 59.4. The summed E-state index contributed by atoms with van der Waals surface area (Å²) in [6.45, 7) is 14.1. The van der Waals surface area contributed by atoms with Gasteiger partial charge in [0.25, 0.3) is 0 Å². The Labute approximate surface area is 549 Å². The second-order valence-corrected chi connectivity index (χ2v) is 30.0. The van der Waals surface area contributed by atoms with Gasteiger partial charge >= 0.3 is 39.5 Å². The van der Waals surface area contributed by atoms with Crippen molar-refractivity contribution in [2.75, 3.05) is 39.6 Å². The van der Waals surface area contributed by atoms with Gasteiger partial charge in [0.2, 0.25) is 0 Å². The van der Waals surface area contributed by atoms with Crippen molar-refractivity contribution in [1.82, 2.24) is 0 Å². The number of esters is 4. The molecule has 0 aliphatic carbocycles. The van der Waals surface area contributed by atoms with Gasteiger partial charge in [0, 0.05) is 25.7 Å². The molecule has 534 valence electrons. The summed E-state index contributed by atoms with van der Waals surface area (Å²) in [4.78, 5) is 72.6. The van der Waals surface area contributed by atoms with Crippen molar-refractivity contribution in [3.63, 3.8) is 0 Å². The van der Waals surface area contributed by atoms with Crippen LogP contribution < -0.4 is 0 Å². The molecule has 0 aromatic heterocycles. The van der Waals surface area contributed by atoms with Gasteiger partial charge < -0.3 is 33.8 Å². The van der Waals surface area contributed by atoms with Crippen molar-refractivity contribution in [1.29, 1.82) is 0 Å². The maximum atomic E-state index is 13.0. The first-order valence-corrected chi connectivity index (χ1v) is 39.8. The molecule has 0 fully saturated rings. The van der Waals surface area contributed by atoms with Crippen LogP contribution in [0.1, 0.15) is 351 Å². The van der Waals surface area contributed by atoms with Crippen molar-refractivity contribution in [2.24, 2.45) is 23.7 Å². The van der Waals surface area contributed by atoms with Gasteiger partial charge in [0.15, 0.2) is 12.2 Å². The van der Waals surface area contributed by atoms with Crippen molar-refractivity contribution >= 4 is 39.5 Å². The van der Waals surface area contributed by atoms with E-state index in [2.05, 4.69) is 55.4 Å². The van der Waals surface area contributed by atoms with Gasteiger partial charge in [-0.15, -0.1) is 0 Å². The number of aliphatic hydroxyl groups is 1. The van der Waals surface area contributed by atoms with Crippen molar-refractivity contribution in [2.45, 2.75) is 369 Å². The molecule has 0 saturated carbocycles. The summed E-state index contributed by atoms with van der Waals surface area (Å²) in [6.07, 6.45) is 42.9. The van der Waals surface area contributed by atoms with Crippen molar-refractivity contribution in [3.05, 3.63) is 0 Å². The molecular weight excluding hydrogens is 1190 g/mol. The quantitative estimate of drug-likeness (QED) is 0.0222. The normalized spacial score (nSPS) is 14.9. The van der Waals surface area contributed by atoms with E-state index in [1.807, 2.05) is 0 Å². The van der Waals surface area contributed by atoms with Gasteiger partial charge in [-0.05, 0) is 49.4 Å². The molecule has 0 saturated heterocycles. The summed E-state index contributed by atoms with van der Waals surface area (Å²) in [6, 6.07) is 0. The van der Waals surface area contributed by atoms with E-state index >= 15 is 0 Å². The molecule has 0 radical (unpaired) electrons. The van der Waals surface area contributed by atoms with E-state index in [1.54, 1.807) is 0 Å². The van der Waals surface area contributed by atoms with Gasteiger partial charge in [-0.1, -0.05) is 299 Å². The third-order valence-electron chi connectivity index (χ3n) is 17.0. The van der Waals surface area contributed by atoms with Crippen LogP contribution in [0.5, 0.6) is 0 Å². The fraction of sp³-hybridized carbons (Fsp3) is 0.944. The number of carbonyl (C=O) groups excluding carboxylic acids is 4. The molecule has 0 aromatic rings. The molecule has 0 bridgehead atoms. The lowest BCUT2D eigenvalue weighted by molar-refractivity contribution is -0.161. The monoisotopic (exact) mass is 1320 g/mol. The second kappa shape index (κ2) is 60.7. The summed E-state index contributed by atoms with van der Waals surface area (Å²) in [5.41, 5.74) is 0. The predicted molar refractivity (Wildman–Crippen MR) is 363 cm³/mol. The molecule has 0 aliphatic rings. The van der Waals surface area contributed by atoms with Crippen LogP contribution in [0, 0.1) is 23.7 Å². The number of hydrogen-bond acceptors (Lipinski definition) is 15. The highest BCUT2D eigenvalue weighted by atomic mass is 31.2. The van der Waals surface area contributed by atoms with Gasteiger partial charge in [-0.25, -0.2) is 9.13 Å². The lowest BCUT2D eigenvalue weighted by Crippen LogP contribution is -2.30. The van der Waals surface area contributed by atoms with Gasteiger partial charge in [-0.3, -0.25) is 37.3 Å². The number of hydrogen-bond donors (Lipinski definition) is 3. The molecule has 19 heteroatoms. The number of rotatable bonds is 68. The minimum atomic E-state index is -4.95. The molecule has 0 amide bonds. The van der Waals surface area contributed by atoms with E-state index in [1.165, 1.54) is 148 Å². The molecule has 0 spiro atoms. The van der Waals surface area contributed by atoms with Crippen LogP contribution in [0.15, 0.2) is 0 Å². The fourth-order valence-corrected chi connectivity index (χ4v) is 12.2. The summed E-state index contributed by atoms with van der Waals surface area (Å²) in [7, 11) is -9.91. The molecule has 0 aromatic carbocycles. The minimum absolute atomic E-state index is 0.104. The highest BCUT2D eigenvalue weighted by molar-refractivity contribution is 7.47. The van der Waals surface area contributed by atoms with Crippen LogP contribution >= 0.6 is 15.6 Å². The SMILES string of the molecule is CCC(C)CCCCCCCCCCCCC(=O)OC[C@H](COP(=O)(O)OC[C@@H](O)COP(=O)(O)OC[C@@H](COC(=O)CCCCCCCCC(C)CC)OC(=O)CCCCCCCCCCCCC(C)C)OC(=O)CCCCCCCCCCCCC(C)C. The summed E-state index contributed by atoms with van der Waals surface area (Å²) in [5.74, 6) is 0.916. The van der Waals surface area contributed by atoms with Crippen molar-refractivity contribution < 1.29 is 80.2 Å². The Balaban J connectivity index is 5.27. The predicted octanol–water partition coefficient (Wildman–Crippen LogP) is 20.1. The number of ether oxygens (including phenoxy) is 4. The number of unbranched alkanes of at least 4 members (excludes halogenated alkanes) is 32. The van der Waals surface area contributed by atoms with Gasteiger partial charge in [-0.2, -0.15) is 0 Å². The van der Waals surface area contributed by atoms with Crippen LogP contribution in [0.4, 0.5) is 0 Å². The van der Waals surface area contributed by atoms with Gasteiger partial charge in [0.1, 0.15) is 19.3 Å². The lowest BCUT2D eigenvalue weighted by atomic mass is 9.99. The number of carbonyl (C=O) groups is 4. The molecular formula is C71H138O17P2. The van der Waals surface area contributed by atoms with E-state index in [0.29, 0.717) is 25.7 Å². The van der Waals surface area contributed by atoms with Crippen LogP contribution in [0.2, 0.25) is 0 Å². The standard InChI is InChI=1S/C71H138O17P2/c1-9-63(7)49-41-33-25-19-13-16-20-26-35-43-51-68(73)81-57-66(87-70(75)53-45-37-27-21-14-11-17-23-31-39-47-61(3)4)59-85-89(77,78)83-55-65(72)56-84-90(79,80)86-60-67(58-82-69(74)52-44-36-30-29-34-42-50-64(8)10-2)88-71(76)54-46-38-28-22-15-12-18-24-32-40-48-62(5)6/h61-67,72H,9-60H2,1-8H3,(H,77,78)(H,79,80)/t63?,64?,65-,66-,67-/m1/s1. The molecule has 0 heterocycles. The van der Waals surface area contributed by atoms with Crippen LogP contribution in [-0.4, -0.2) is 96.7 Å². The lowest BCUT2D eigenvalue weighted by Gasteiger charge is -2.21. The zero-order valence-corrected chi connectivity index (χ0v) is 60.6. The molecule has 90 heavy (non-hydrogen) atoms. The van der Waals surface area contributed by atoms with Crippen LogP contribution in [-0.2, 0) is 65.4 Å². The fourth-order valence-electron chi connectivity index (χ4n) is 10.6. The topological polar surface area (TPSA) is 237 Å². The maximum absolute atomic E-state index is 13.0. The number of phosphoric ester groups is 2. The Morgan fingerprint density at radius 3 is 0.789 bits per heavy atom. The molecule has 0 rings (SSSR count). The summed E-state index contributed by atoms with van der Waals surface area (Å²) >= 11 is 0. The highest BCUT2D eigenvalue weighted by Crippen LogP contribution is 2.45. The summed E-state index contributed by atoms with van der Waals surface area (Å²) in [5, 5.41) is 10.6. The third-order valence-corrected chi connectivity index (χ3v) is 18.9. The van der Waals surface area contributed by atoms with Gasteiger partial charge in [0.05, 0.1) is 26.4 Å². The maximum Gasteiger partial charge on any atom is 0.472 e. The Morgan fingerprint density at radius 1 is 0.311 bits per heavy atom. The molecule has 17 nitrogen and oxygen atoms in total. The number of phosphoric acid groups is 2. The average molecular weight is 1330 g/mol. The average Bonchev–Trinajstić information content (AvgIpc) is 3.71. The highest BCUT2D eigenvalue weighted by Gasteiger charge is 2.30. The third kappa shape index (κ3) is 62.2. The van der Waals surface area contributed by atoms with Crippen molar-refractivity contribution in [3.8, 4) is 0 Å². The molecule has 4 unspecified atom stereocenters. The molecule has 7 atom stereocenters. The first kappa shape index (κ1) is 88.1. The first-order chi connectivity index (χ1) is 43.2. The summed E-state index contributed by atoms with van der Waals surface area (Å²) < 4.78 is 68.3. The van der Waals surface area contributed by atoms with Crippen LogP contribution in [0.25, 0.3) is 0 Å². The Morgan fingerprint density at radius 2 is 0.533 bits per heavy atom. The minimum Gasteiger partial charge on any atom is -0.462 e. The van der Waals surface area contributed by atoms with E-state index < -0.39 is 97.5 Å². The van der Waals surface area contributed by atoms with Crippen LogP contribution in [0.3, 0.4) is 0 Å². The van der Waals surface area contributed by atoms with E-state index in [9.17, 15) is 43.2 Å². The molecule has 3 N–H and O–H groups in total. The molecule has 0 aliphatic heterocycles. The zero-order chi connectivity index (χ0) is 66.8.